The fourth-order valence-corrected chi connectivity index (χ4v) is 2.25. The SMILES string of the molecule is CN(Cc1cccnc1)C(=O)c1ccc(-c2ccc(F)cc2)o1. The van der Waals surface area contributed by atoms with E-state index in [2.05, 4.69) is 4.98 Å². The molecule has 2 aromatic heterocycles. The number of nitrogens with zero attached hydrogens (tertiary/aromatic N) is 2. The lowest BCUT2D eigenvalue weighted by Gasteiger charge is -2.15. The van der Waals surface area contributed by atoms with Gasteiger partial charge in [0.2, 0.25) is 0 Å². The van der Waals surface area contributed by atoms with Crippen LogP contribution in [-0.4, -0.2) is 22.8 Å². The molecule has 3 aromatic rings. The van der Waals surface area contributed by atoms with Gasteiger partial charge in [-0.2, -0.15) is 0 Å². The summed E-state index contributed by atoms with van der Waals surface area (Å²) in [7, 11) is 1.70. The zero-order valence-corrected chi connectivity index (χ0v) is 12.6. The third-order valence-electron chi connectivity index (χ3n) is 3.43. The standard InChI is InChI=1S/C18H15FN2O2/c1-21(12-13-3-2-10-20-11-13)18(22)17-9-8-16(23-17)14-4-6-15(19)7-5-14/h2-11H,12H2,1H3. The van der Waals surface area contributed by atoms with Crippen LogP contribution in [0.1, 0.15) is 16.1 Å². The second kappa shape index (κ2) is 6.44. The normalized spacial score (nSPS) is 10.5. The van der Waals surface area contributed by atoms with E-state index < -0.39 is 0 Å². The molecule has 4 nitrogen and oxygen atoms in total. The first-order valence-electron chi connectivity index (χ1n) is 7.13. The minimum absolute atomic E-state index is 0.220. The number of hydrogen-bond acceptors (Lipinski definition) is 3. The van der Waals surface area contributed by atoms with Crippen LogP contribution in [-0.2, 0) is 6.54 Å². The van der Waals surface area contributed by atoms with Crippen molar-refractivity contribution in [1.82, 2.24) is 9.88 Å². The van der Waals surface area contributed by atoms with Gasteiger partial charge in [-0.05, 0) is 48.0 Å². The zero-order valence-electron chi connectivity index (χ0n) is 12.6. The molecule has 0 spiro atoms. The number of benzene rings is 1. The molecule has 0 radical (unpaired) electrons. The third-order valence-corrected chi connectivity index (χ3v) is 3.43. The van der Waals surface area contributed by atoms with Gasteiger partial charge >= 0.3 is 0 Å². The van der Waals surface area contributed by atoms with Crippen molar-refractivity contribution in [3.63, 3.8) is 0 Å². The molecule has 0 fully saturated rings. The highest BCUT2D eigenvalue weighted by atomic mass is 19.1. The summed E-state index contributed by atoms with van der Waals surface area (Å²) in [5, 5.41) is 0. The van der Waals surface area contributed by atoms with E-state index in [1.54, 1.807) is 48.6 Å². The van der Waals surface area contributed by atoms with E-state index in [0.717, 1.165) is 11.1 Å². The minimum atomic E-state index is -0.312. The number of carbonyl (C=O) groups excluding carboxylic acids is 1. The zero-order chi connectivity index (χ0) is 16.2. The van der Waals surface area contributed by atoms with Crippen LogP contribution < -0.4 is 0 Å². The quantitative estimate of drug-likeness (QED) is 0.737. The molecule has 3 rings (SSSR count). The maximum Gasteiger partial charge on any atom is 0.289 e. The van der Waals surface area contributed by atoms with E-state index in [0.29, 0.717) is 12.3 Å². The summed E-state index contributed by atoms with van der Waals surface area (Å²) < 4.78 is 18.6. The van der Waals surface area contributed by atoms with Crippen molar-refractivity contribution < 1.29 is 13.6 Å². The van der Waals surface area contributed by atoms with Crippen LogP contribution in [0.4, 0.5) is 4.39 Å². The number of halogens is 1. The Kier molecular flexibility index (Phi) is 4.19. The van der Waals surface area contributed by atoms with Crippen LogP contribution in [0.25, 0.3) is 11.3 Å². The van der Waals surface area contributed by atoms with Gasteiger partial charge in [0.05, 0.1) is 0 Å². The molecular formula is C18H15FN2O2. The van der Waals surface area contributed by atoms with Gasteiger partial charge in [0, 0.05) is 31.5 Å². The molecule has 0 bridgehead atoms. The Labute approximate surface area is 133 Å². The number of carbonyl (C=O) groups is 1. The van der Waals surface area contributed by atoms with Crippen molar-refractivity contribution in [2.24, 2.45) is 0 Å². The first kappa shape index (κ1) is 15.0. The molecule has 0 aliphatic carbocycles. The van der Waals surface area contributed by atoms with Crippen LogP contribution in [0.3, 0.4) is 0 Å². The van der Waals surface area contributed by atoms with E-state index in [1.807, 2.05) is 12.1 Å². The average Bonchev–Trinajstić information content (AvgIpc) is 3.05. The highest BCUT2D eigenvalue weighted by Gasteiger charge is 2.17. The molecular weight excluding hydrogens is 295 g/mol. The highest BCUT2D eigenvalue weighted by molar-refractivity contribution is 5.91. The summed E-state index contributed by atoms with van der Waals surface area (Å²) in [6.07, 6.45) is 3.41. The smallest absolute Gasteiger partial charge is 0.289 e. The lowest BCUT2D eigenvalue weighted by Crippen LogP contribution is -2.25. The number of aromatic nitrogens is 1. The van der Waals surface area contributed by atoms with Gasteiger partial charge in [0.15, 0.2) is 5.76 Å². The molecule has 23 heavy (non-hydrogen) atoms. The Hall–Kier alpha value is -2.95. The van der Waals surface area contributed by atoms with Crippen LogP contribution in [0.15, 0.2) is 65.3 Å². The largest absolute Gasteiger partial charge is 0.451 e. The summed E-state index contributed by atoms with van der Waals surface area (Å²) in [6.45, 7) is 0.444. The fraction of sp³-hybridized carbons (Fsp3) is 0.111. The predicted molar refractivity (Wildman–Crippen MR) is 84.1 cm³/mol. The second-order valence-electron chi connectivity index (χ2n) is 5.19. The number of amides is 1. The van der Waals surface area contributed by atoms with Gasteiger partial charge in [-0.25, -0.2) is 4.39 Å². The van der Waals surface area contributed by atoms with E-state index in [4.69, 9.17) is 4.42 Å². The molecule has 2 heterocycles. The number of rotatable bonds is 4. The molecule has 0 N–H and O–H groups in total. The Balaban J connectivity index is 1.74. The van der Waals surface area contributed by atoms with Crippen molar-refractivity contribution >= 4 is 5.91 Å². The van der Waals surface area contributed by atoms with Crippen molar-refractivity contribution in [3.8, 4) is 11.3 Å². The fourth-order valence-electron chi connectivity index (χ4n) is 2.25. The average molecular weight is 310 g/mol. The molecule has 5 heteroatoms. The minimum Gasteiger partial charge on any atom is -0.451 e. The second-order valence-corrected chi connectivity index (χ2v) is 5.19. The van der Waals surface area contributed by atoms with Crippen molar-refractivity contribution in [1.29, 1.82) is 0 Å². The molecule has 0 unspecified atom stereocenters. The van der Waals surface area contributed by atoms with Crippen molar-refractivity contribution in [2.45, 2.75) is 6.54 Å². The van der Waals surface area contributed by atoms with Gasteiger partial charge in [-0.1, -0.05) is 6.07 Å². The summed E-state index contributed by atoms with van der Waals surface area (Å²) in [5.74, 6) is 0.244. The summed E-state index contributed by atoms with van der Waals surface area (Å²) in [6, 6.07) is 13.0. The molecule has 1 aromatic carbocycles. The number of hydrogen-bond donors (Lipinski definition) is 0. The molecule has 0 aliphatic rings. The summed E-state index contributed by atoms with van der Waals surface area (Å²) in [5.41, 5.74) is 1.66. The van der Waals surface area contributed by atoms with Crippen LogP contribution in [0.2, 0.25) is 0 Å². The highest BCUT2D eigenvalue weighted by Crippen LogP contribution is 2.23. The van der Waals surface area contributed by atoms with Gasteiger partial charge < -0.3 is 9.32 Å². The Morgan fingerprint density at radius 3 is 2.65 bits per heavy atom. The molecule has 0 saturated heterocycles. The molecule has 0 aliphatic heterocycles. The predicted octanol–water partition coefficient (Wildman–Crippen LogP) is 3.75. The maximum atomic E-state index is 13.0. The Morgan fingerprint density at radius 1 is 1.17 bits per heavy atom. The molecule has 1 amide bonds. The van der Waals surface area contributed by atoms with Crippen LogP contribution >= 0.6 is 0 Å². The van der Waals surface area contributed by atoms with Crippen molar-refractivity contribution in [3.05, 3.63) is 78.1 Å². The van der Waals surface area contributed by atoms with Crippen LogP contribution in [0, 0.1) is 5.82 Å². The first-order chi connectivity index (χ1) is 11.1. The molecule has 0 atom stereocenters. The van der Waals surface area contributed by atoms with Gasteiger partial charge in [-0.15, -0.1) is 0 Å². The number of pyridine rings is 1. The maximum absolute atomic E-state index is 13.0. The van der Waals surface area contributed by atoms with Gasteiger partial charge in [0.25, 0.3) is 5.91 Å². The van der Waals surface area contributed by atoms with E-state index in [-0.39, 0.29) is 17.5 Å². The van der Waals surface area contributed by atoms with Gasteiger partial charge in [-0.3, -0.25) is 9.78 Å². The lowest BCUT2D eigenvalue weighted by molar-refractivity contribution is 0.0754. The summed E-state index contributed by atoms with van der Waals surface area (Å²) >= 11 is 0. The van der Waals surface area contributed by atoms with E-state index >= 15 is 0 Å². The molecule has 0 saturated carbocycles. The van der Waals surface area contributed by atoms with Crippen molar-refractivity contribution in [2.75, 3.05) is 7.05 Å². The molecule has 116 valence electrons. The Morgan fingerprint density at radius 2 is 1.96 bits per heavy atom. The number of furan rings is 1. The van der Waals surface area contributed by atoms with E-state index in [9.17, 15) is 9.18 Å². The Bertz CT molecular complexity index is 797. The third kappa shape index (κ3) is 3.45. The first-order valence-corrected chi connectivity index (χ1v) is 7.13. The van der Waals surface area contributed by atoms with Gasteiger partial charge in [0.1, 0.15) is 11.6 Å². The van der Waals surface area contributed by atoms with E-state index in [1.165, 1.54) is 12.1 Å². The van der Waals surface area contributed by atoms with Crippen LogP contribution in [0.5, 0.6) is 0 Å². The monoisotopic (exact) mass is 310 g/mol. The lowest BCUT2D eigenvalue weighted by atomic mass is 10.2. The topological polar surface area (TPSA) is 46.3 Å². The summed E-state index contributed by atoms with van der Waals surface area (Å²) in [4.78, 5) is 18.0.